The van der Waals surface area contributed by atoms with E-state index in [9.17, 15) is 0 Å². The molecule has 0 saturated heterocycles. The van der Waals surface area contributed by atoms with E-state index in [0.29, 0.717) is 6.61 Å². The Morgan fingerprint density at radius 3 is 2.73 bits per heavy atom. The number of ether oxygens (including phenoxy) is 1. The van der Waals surface area contributed by atoms with E-state index in [2.05, 4.69) is 20.4 Å². The van der Waals surface area contributed by atoms with Crippen LogP contribution in [-0.4, -0.2) is 55.5 Å². The standard InChI is InChI=1S/C9H18N4OS/c1-8-11-12-9(15-8)10-4-6-14-7-5-13(2)3/h4-7H2,1-3H3,(H,10,12). The van der Waals surface area contributed by atoms with Crippen molar-refractivity contribution in [1.82, 2.24) is 15.1 Å². The number of rotatable bonds is 7. The summed E-state index contributed by atoms with van der Waals surface area (Å²) in [6.45, 7) is 5.15. The maximum atomic E-state index is 5.43. The van der Waals surface area contributed by atoms with Crippen molar-refractivity contribution in [3.63, 3.8) is 0 Å². The molecule has 1 heterocycles. The van der Waals surface area contributed by atoms with E-state index in [1.807, 2.05) is 21.0 Å². The average Bonchev–Trinajstić information content (AvgIpc) is 2.57. The maximum absolute atomic E-state index is 5.43. The average molecular weight is 230 g/mol. The van der Waals surface area contributed by atoms with Gasteiger partial charge in [0.2, 0.25) is 5.13 Å². The zero-order valence-electron chi connectivity index (χ0n) is 9.49. The van der Waals surface area contributed by atoms with E-state index in [-0.39, 0.29) is 0 Å². The van der Waals surface area contributed by atoms with Crippen LogP contribution in [-0.2, 0) is 4.74 Å². The van der Waals surface area contributed by atoms with Crippen LogP contribution >= 0.6 is 11.3 Å². The zero-order chi connectivity index (χ0) is 11.1. The molecular formula is C9H18N4OS. The topological polar surface area (TPSA) is 50.3 Å². The largest absolute Gasteiger partial charge is 0.378 e. The molecule has 0 aliphatic rings. The van der Waals surface area contributed by atoms with Gasteiger partial charge in [0.05, 0.1) is 13.2 Å². The third-order valence-electron chi connectivity index (χ3n) is 1.73. The van der Waals surface area contributed by atoms with E-state index in [1.54, 1.807) is 11.3 Å². The second kappa shape index (κ2) is 6.71. The second-order valence-corrected chi connectivity index (χ2v) is 4.65. The number of aromatic nitrogens is 2. The summed E-state index contributed by atoms with van der Waals surface area (Å²) >= 11 is 1.56. The number of nitrogens with zero attached hydrogens (tertiary/aromatic N) is 3. The molecule has 0 aliphatic heterocycles. The first-order valence-electron chi connectivity index (χ1n) is 4.95. The van der Waals surface area contributed by atoms with E-state index in [4.69, 9.17) is 4.74 Å². The molecule has 1 N–H and O–H groups in total. The molecule has 0 fully saturated rings. The lowest BCUT2D eigenvalue weighted by atomic mass is 10.6. The van der Waals surface area contributed by atoms with Gasteiger partial charge in [-0.1, -0.05) is 11.3 Å². The highest BCUT2D eigenvalue weighted by molar-refractivity contribution is 7.15. The summed E-state index contributed by atoms with van der Waals surface area (Å²) in [5.74, 6) is 0. The van der Waals surface area contributed by atoms with Gasteiger partial charge in [-0.3, -0.25) is 0 Å². The molecule has 6 heteroatoms. The fourth-order valence-electron chi connectivity index (χ4n) is 0.947. The lowest BCUT2D eigenvalue weighted by Crippen LogP contribution is -2.19. The number of hydrogen-bond acceptors (Lipinski definition) is 6. The third kappa shape index (κ3) is 5.66. The van der Waals surface area contributed by atoms with Gasteiger partial charge in [-0.05, 0) is 21.0 Å². The van der Waals surface area contributed by atoms with E-state index < -0.39 is 0 Å². The smallest absolute Gasteiger partial charge is 0.205 e. The van der Waals surface area contributed by atoms with Crippen molar-refractivity contribution in [3.05, 3.63) is 5.01 Å². The Kier molecular flexibility index (Phi) is 5.52. The normalized spacial score (nSPS) is 10.9. The fourth-order valence-corrected chi connectivity index (χ4v) is 1.56. The molecule has 0 aromatic carbocycles. The minimum Gasteiger partial charge on any atom is -0.378 e. The summed E-state index contributed by atoms with van der Waals surface area (Å²) in [4.78, 5) is 2.10. The molecule has 0 bridgehead atoms. The molecular weight excluding hydrogens is 212 g/mol. The van der Waals surface area contributed by atoms with Crippen molar-refractivity contribution in [1.29, 1.82) is 0 Å². The van der Waals surface area contributed by atoms with Gasteiger partial charge in [0.25, 0.3) is 0 Å². The van der Waals surface area contributed by atoms with Crippen LogP contribution in [0.2, 0.25) is 0 Å². The Morgan fingerprint density at radius 2 is 2.13 bits per heavy atom. The first kappa shape index (κ1) is 12.4. The minimum atomic E-state index is 0.701. The summed E-state index contributed by atoms with van der Waals surface area (Å²) in [5.41, 5.74) is 0. The van der Waals surface area contributed by atoms with Crippen LogP contribution in [0.5, 0.6) is 0 Å². The van der Waals surface area contributed by atoms with E-state index >= 15 is 0 Å². The number of nitrogens with one attached hydrogen (secondary N) is 1. The molecule has 0 saturated carbocycles. The highest BCUT2D eigenvalue weighted by Gasteiger charge is 1.98. The van der Waals surface area contributed by atoms with Gasteiger partial charge in [0.15, 0.2) is 0 Å². The molecule has 0 atom stereocenters. The van der Waals surface area contributed by atoms with Gasteiger partial charge in [0.1, 0.15) is 5.01 Å². The Hall–Kier alpha value is -0.720. The molecule has 1 aromatic rings. The van der Waals surface area contributed by atoms with Crippen LogP contribution in [0.3, 0.4) is 0 Å². The monoisotopic (exact) mass is 230 g/mol. The zero-order valence-corrected chi connectivity index (χ0v) is 10.3. The molecule has 5 nitrogen and oxygen atoms in total. The summed E-state index contributed by atoms with van der Waals surface area (Å²) in [7, 11) is 4.07. The van der Waals surface area contributed by atoms with Crippen molar-refractivity contribution in [3.8, 4) is 0 Å². The predicted octanol–water partition coefficient (Wildman–Crippen LogP) is 0.837. The van der Waals surface area contributed by atoms with Crippen molar-refractivity contribution in [2.45, 2.75) is 6.92 Å². The molecule has 0 radical (unpaired) electrons. The summed E-state index contributed by atoms with van der Waals surface area (Å²) in [5, 5.41) is 12.9. The van der Waals surface area contributed by atoms with Crippen LogP contribution in [0.25, 0.3) is 0 Å². The fraction of sp³-hybridized carbons (Fsp3) is 0.778. The van der Waals surface area contributed by atoms with Crippen molar-refractivity contribution in [2.75, 3.05) is 45.7 Å². The molecule has 15 heavy (non-hydrogen) atoms. The summed E-state index contributed by atoms with van der Waals surface area (Å²) in [6, 6.07) is 0. The molecule has 86 valence electrons. The molecule has 0 unspecified atom stereocenters. The van der Waals surface area contributed by atoms with Gasteiger partial charge in [-0.25, -0.2) is 0 Å². The Morgan fingerprint density at radius 1 is 1.33 bits per heavy atom. The Labute approximate surface area is 94.5 Å². The molecule has 0 aliphatic carbocycles. The van der Waals surface area contributed by atoms with Crippen LogP contribution in [0.15, 0.2) is 0 Å². The van der Waals surface area contributed by atoms with Crippen molar-refractivity contribution < 1.29 is 4.74 Å². The summed E-state index contributed by atoms with van der Waals surface area (Å²) in [6.07, 6.45) is 0. The van der Waals surface area contributed by atoms with Crippen LogP contribution < -0.4 is 5.32 Å². The van der Waals surface area contributed by atoms with E-state index in [1.165, 1.54) is 0 Å². The lowest BCUT2D eigenvalue weighted by Gasteiger charge is -2.09. The number of anilines is 1. The third-order valence-corrected chi connectivity index (χ3v) is 2.53. The van der Waals surface area contributed by atoms with Crippen molar-refractivity contribution in [2.24, 2.45) is 0 Å². The molecule has 1 rings (SSSR count). The number of aryl methyl sites for hydroxylation is 1. The summed E-state index contributed by atoms with van der Waals surface area (Å²) < 4.78 is 5.43. The number of likely N-dealkylation sites (N-methyl/N-ethyl adjacent to an activating group) is 1. The Bertz CT molecular complexity index is 277. The predicted molar refractivity (Wildman–Crippen MR) is 62.5 cm³/mol. The van der Waals surface area contributed by atoms with Gasteiger partial charge in [-0.15, -0.1) is 10.2 Å². The van der Waals surface area contributed by atoms with E-state index in [0.717, 1.165) is 29.8 Å². The van der Waals surface area contributed by atoms with Crippen molar-refractivity contribution >= 4 is 16.5 Å². The molecule has 1 aromatic heterocycles. The maximum Gasteiger partial charge on any atom is 0.205 e. The van der Waals surface area contributed by atoms with Crippen LogP contribution in [0.4, 0.5) is 5.13 Å². The quantitative estimate of drug-likeness (QED) is 0.703. The highest BCUT2D eigenvalue weighted by atomic mass is 32.1. The molecule has 0 spiro atoms. The minimum absolute atomic E-state index is 0.701. The van der Waals surface area contributed by atoms with Crippen LogP contribution in [0, 0.1) is 6.92 Å². The van der Waals surface area contributed by atoms with Gasteiger partial charge in [0, 0.05) is 13.1 Å². The van der Waals surface area contributed by atoms with Crippen LogP contribution in [0.1, 0.15) is 5.01 Å². The van der Waals surface area contributed by atoms with Gasteiger partial charge < -0.3 is 15.0 Å². The Balaban J connectivity index is 1.98. The lowest BCUT2D eigenvalue weighted by molar-refractivity contribution is 0.126. The SMILES string of the molecule is Cc1nnc(NCCOCCN(C)C)s1. The van der Waals surface area contributed by atoms with Gasteiger partial charge in [-0.2, -0.15) is 0 Å². The number of hydrogen-bond donors (Lipinski definition) is 1. The highest BCUT2D eigenvalue weighted by Crippen LogP contribution is 2.12. The van der Waals surface area contributed by atoms with Gasteiger partial charge >= 0.3 is 0 Å². The molecule has 0 amide bonds. The first-order valence-corrected chi connectivity index (χ1v) is 5.76. The first-order chi connectivity index (χ1) is 7.18. The second-order valence-electron chi connectivity index (χ2n) is 3.47.